The van der Waals surface area contributed by atoms with Crippen molar-refractivity contribution in [3.63, 3.8) is 0 Å². The van der Waals surface area contributed by atoms with Crippen LogP contribution < -0.4 is 10.5 Å². The van der Waals surface area contributed by atoms with Crippen molar-refractivity contribution < 1.29 is 13.5 Å². The maximum atomic E-state index is 13.6. The Morgan fingerprint density at radius 3 is 2.47 bits per heavy atom. The predicted molar refractivity (Wildman–Crippen MR) is 70.4 cm³/mol. The molecule has 2 rings (SSSR count). The first-order chi connectivity index (χ1) is 9.02. The van der Waals surface area contributed by atoms with Crippen LogP contribution in [-0.2, 0) is 0 Å². The summed E-state index contributed by atoms with van der Waals surface area (Å²) < 4.78 is 31.4. The predicted octanol–water partition coefficient (Wildman–Crippen LogP) is 3.67. The smallest absolute Gasteiger partial charge is 0.165 e. The van der Waals surface area contributed by atoms with Gasteiger partial charge in [0, 0.05) is 5.02 Å². The zero-order chi connectivity index (χ0) is 14.0. The Kier molecular flexibility index (Phi) is 4.02. The Morgan fingerprint density at radius 2 is 1.89 bits per heavy atom. The van der Waals surface area contributed by atoms with Crippen LogP contribution in [0.15, 0.2) is 36.4 Å². The van der Waals surface area contributed by atoms with E-state index in [0.717, 1.165) is 0 Å². The Morgan fingerprint density at radius 1 is 1.16 bits per heavy atom. The lowest BCUT2D eigenvalue weighted by molar-refractivity contribution is 0.386. The van der Waals surface area contributed by atoms with Crippen LogP contribution in [0.3, 0.4) is 0 Å². The first-order valence-electron chi connectivity index (χ1n) is 5.57. The number of nitrogens with two attached hydrogens (primary N) is 1. The molecule has 0 bridgehead atoms. The molecule has 0 aliphatic carbocycles. The molecule has 0 aromatic heterocycles. The highest BCUT2D eigenvalue weighted by molar-refractivity contribution is 6.31. The fraction of sp³-hybridized carbons (Fsp3) is 0.143. The summed E-state index contributed by atoms with van der Waals surface area (Å²) in [7, 11) is 1.38. The maximum absolute atomic E-state index is 13.6. The summed E-state index contributed by atoms with van der Waals surface area (Å²) in [6, 6.07) is 7.72. The average Bonchev–Trinajstić information content (AvgIpc) is 2.38. The fourth-order valence-electron chi connectivity index (χ4n) is 1.81. The molecule has 1 unspecified atom stereocenters. The molecule has 0 aliphatic heterocycles. The van der Waals surface area contributed by atoms with Crippen molar-refractivity contribution in [2.45, 2.75) is 6.04 Å². The zero-order valence-corrected chi connectivity index (χ0v) is 10.9. The van der Waals surface area contributed by atoms with Crippen molar-refractivity contribution in [1.82, 2.24) is 0 Å². The highest BCUT2D eigenvalue weighted by atomic mass is 35.5. The number of halogens is 3. The Balaban J connectivity index is 2.38. The van der Waals surface area contributed by atoms with Gasteiger partial charge in [0.2, 0.25) is 0 Å². The summed E-state index contributed by atoms with van der Waals surface area (Å²) in [5, 5.41) is 0.212. The van der Waals surface area contributed by atoms with E-state index in [1.807, 2.05) is 0 Å². The van der Waals surface area contributed by atoms with E-state index in [2.05, 4.69) is 0 Å². The molecule has 0 saturated carbocycles. The molecule has 0 amide bonds. The number of hydrogen-bond acceptors (Lipinski definition) is 2. The lowest BCUT2D eigenvalue weighted by atomic mass is 9.99. The van der Waals surface area contributed by atoms with Gasteiger partial charge in [0.15, 0.2) is 11.6 Å². The molecule has 1 atom stereocenters. The van der Waals surface area contributed by atoms with Crippen LogP contribution >= 0.6 is 11.6 Å². The molecule has 100 valence electrons. The molecule has 2 N–H and O–H groups in total. The van der Waals surface area contributed by atoms with E-state index in [0.29, 0.717) is 11.1 Å². The van der Waals surface area contributed by atoms with E-state index < -0.39 is 17.7 Å². The first kappa shape index (κ1) is 13.8. The second-order valence-corrected chi connectivity index (χ2v) is 4.44. The van der Waals surface area contributed by atoms with Crippen LogP contribution in [0.25, 0.3) is 0 Å². The minimum absolute atomic E-state index is 0.140. The molecule has 2 aromatic carbocycles. The number of hydrogen-bond donors (Lipinski definition) is 1. The summed E-state index contributed by atoms with van der Waals surface area (Å²) in [4.78, 5) is 0. The highest BCUT2D eigenvalue weighted by Crippen LogP contribution is 2.29. The lowest BCUT2D eigenvalue weighted by Crippen LogP contribution is -2.13. The molecule has 0 fully saturated rings. The van der Waals surface area contributed by atoms with Crippen molar-refractivity contribution in [2.75, 3.05) is 7.11 Å². The van der Waals surface area contributed by atoms with Gasteiger partial charge in [-0.15, -0.1) is 0 Å². The van der Waals surface area contributed by atoms with Crippen LogP contribution in [0.4, 0.5) is 8.78 Å². The van der Waals surface area contributed by atoms with Crippen LogP contribution in [0.1, 0.15) is 17.2 Å². The number of benzene rings is 2. The quantitative estimate of drug-likeness (QED) is 0.933. The normalized spacial score (nSPS) is 12.3. The van der Waals surface area contributed by atoms with Gasteiger partial charge >= 0.3 is 0 Å². The molecule has 19 heavy (non-hydrogen) atoms. The van der Waals surface area contributed by atoms with Gasteiger partial charge < -0.3 is 10.5 Å². The summed E-state index contributed by atoms with van der Waals surface area (Å²) in [5.74, 6) is -0.809. The summed E-state index contributed by atoms with van der Waals surface area (Å²) >= 11 is 5.93. The molecule has 0 radical (unpaired) electrons. The molecule has 0 spiro atoms. The summed E-state index contributed by atoms with van der Waals surface area (Å²) in [6.45, 7) is 0. The Labute approximate surface area is 114 Å². The van der Waals surface area contributed by atoms with Gasteiger partial charge in [-0.25, -0.2) is 8.78 Å². The largest absolute Gasteiger partial charge is 0.494 e. The zero-order valence-electron chi connectivity index (χ0n) is 10.2. The van der Waals surface area contributed by atoms with Crippen molar-refractivity contribution >= 4 is 11.6 Å². The van der Waals surface area contributed by atoms with E-state index in [9.17, 15) is 8.78 Å². The van der Waals surface area contributed by atoms with Crippen molar-refractivity contribution in [3.05, 3.63) is 64.2 Å². The minimum Gasteiger partial charge on any atom is -0.494 e. The van der Waals surface area contributed by atoms with E-state index in [1.54, 1.807) is 6.07 Å². The van der Waals surface area contributed by atoms with Crippen molar-refractivity contribution in [1.29, 1.82) is 0 Å². The highest BCUT2D eigenvalue weighted by Gasteiger charge is 2.15. The molecule has 0 heterocycles. The van der Waals surface area contributed by atoms with Crippen LogP contribution in [-0.4, -0.2) is 7.11 Å². The fourth-order valence-corrected chi connectivity index (χ4v) is 2.09. The summed E-state index contributed by atoms with van der Waals surface area (Å²) in [6.07, 6.45) is 0. The monoisotopic (exact) mass is 283 g/mol. The minimum atomic E-state index is -0.631. The van der Waals surface area contributed by atoms with E-state index >= 15 is 0 Å². The Bertz CT molecular complexity index is 604. The standard InChI is InChI=1S/C14H12ClF2NO/c1-19-13-5-2-8(6-12(13)17)14(18)10-4-3-9(16)7-11(10)15/h2-7,14H,18H2,1H3. The third-order valence-electron chi connectivity index (χ3n) is 2.83. The second kappa shape index (κ2) is 5.55. The molecule has 2 aromatic rings. The molecular formula is C14H12ClF2NO. The van der Waals surface area contributed by atoms with Crippen LogP contribution in [0.2, 0.25) is 5.02 Å². The van der Waals surface area contributed by atoms with Crippen LogP contribution in [0, 0.1) is 11.6 Å². The van der Waals surface area contributed by atoms with Gasteiger partial charge in [-0.2, -0.15) is 0 Å². The molecule has 0 aliphatic rings. The number of rotatable bonds is 3. The van der Waals surface area contributed by atoms with E-state index in [4.69, 9.17) is 22.1 Å². The third kappa shape index (κ3) is 2.85. The second-order valence-electron chi connectivity index (χ2n) is 4.04. The van der Waals surface area contributed by atoms with Gasteiger partial charge in [-0.1, -0.05) is 23.7 Å². The van der Waals surface area contributed by atoms with Gasteiger partial charge in [0.25, 0.3) is 0 Å². The summed E-state index contributed by atoms with van der Waals surface area (Å²) in [5.41, 5.74) is 7.08. The average molecular weight is 284 g/mol. The molecule has 2 nitrogen and oxygen atoms in total. The van der Waals surface area contributed by atoms with Crippen molar-refractivity contribution in [2.24, 2.45) is 5.73 Å². The molecule has 0 saturated heterocycles. The van der Waals surface area contributed by atoms with E-state index in [1.165, 1.54) is 37.4 Å². The SMILES string of the molecule is COc1ccc(C(N)c2ccc(F)cc2Cl)cc1F. The van der Waals surface area contributed by atoms with Crippen LogP contribution in [0.5, 0.6) is 5.75 Å². The molecule has 5 heteroatoms. The van der Waals surface area contributed by atoms with Gasteiger partial charge in [0.05, 0.1) is 13.2 Å². The van der Waals surface area contributed by atoms with Gasteiger partial charge in [0.1, 0.15) is 5.82 Å². The molecular weight excluding hydrogens is 272 g/mol. The van der Waals surface area contributed by atoms with Crippen molar-refractivity contribution in [3.8, 4) is 5.75 Å². The third-order valence-corrected chi connectivity index (χ3v) is 3.16. The lowest BCUT2D eigenvalue weighted by Gasteiger charge is -2.15. The Hall–Kier alpha value is -1.65. The first-order valence-corrected chi connectivity index (χ1v) is 5.94. The van der Waals surface area contributed by atoms with Gasteiger partial charge in [-0.05, 0) is 35.4 Å². The topological polar surface area (TPSA) is 35.2 Å². The number of methoxy groups -OCH3 is 1. The van der Waals surface area contributed by atoms with Gasteiger partial charge in [-0.3, -0.25) is 0 Å². The van der Waals surface area contributed by atoms with E-state index in [-0.39, 0.29) is 10.8 Å². The number of ether oxygens (including phenoxy) is 1. The maximum Gasteiger partial charge on any atom is 0.165 e.